The zero-order valence-electron chi connectivity index (χ0n) is 16.2. The number of nitrogens with one attached hydrogen (secondary N) is 2. The van der Waals surface area contributed by atoms with Gasteiger partial charge in [-0.15, -0.1) is 5.10 Å². The normalized spacial score (nSPS) is 10.4. The number of methoxy groups -OCH3 is 2. The van der Waals surface area contributed by atoms with Gasteiger partial charge in [-0.3, -0.25) is 0 Å². The van der Waals surface area contributed by atoms with Crippen LogP contribution in [0.2, 0.25) is 0 Å². The van der Waals surface area contributed by atoms with Crippen molar-refractivity contribution in [3.05, 3.63) is 65.9 Å². The predicted molar refractivity (Wildman–Crippen MR) is 110 cm³/mol. The second-order valence-corrected chi connectivity index (χ2v) is 6.18. The lowest BCUT2D eigenvalue weighted by Gasteiger charge is -2.10. The highest BCUT2D eigenvalue weighted by atomic mass is 16.5. The number of rotatable bonds is 10. The average Bonchev–Trinajstić information content (AvgIpc) is 2.74. The fourth-order valence-electron chi connectivity index (χ4n) is 2.84. The van der Waals surface area contributed by atoms with Gasteiger partial charge < -0.3 is 20.1 Å². The first-order valence-electron chi connectivity index (χ1n) is 9.21. The Bertz CT molecular complexity index is 888. The van der Waals surface area contributed by atoms with Crippen molar-refractivity contribution in [2.75, 3.05) is 37.9 Å². The molecule has 0 unspecified atom stereocenters. The maximum atomic E-state index is 5.37. The Morgan fingerprint density at radius 2 is 1.75 bits per heavy atom. The Labute approximate surface area is 165 Å². The number of hydrogen-bond donors (Lipinski definition) is 2. The quantitative estimate of drug-likeness (QED) is 0.560. The van der Waals surface area contributed by atoms with Crippen LogP contribution >= 0.6 is 0 Å². The Morgan fingerprint density at radius 1 is 0.893 bits per heavy atom. The van der Waals surface area contributed by atoms with Crippen LogP contribution < -0.4 is 20.1 Å². The molecule has 0 atom stereocenters. The van der Waals surface area contributed by atoms with Crippen molar-refractivity contribution in [2.45, 2.75) is 12.8 Å². The van der Waals surface area contributed by atoms with Gasteiger partial charge in [-0.25, -0.2) is 0 Å². The average molecular weight is 379 g/mol. The molecular weight excluding hydrogens is 354 g/mol. The number of para-hydroxylation sites is 1. The van der Waals surface area contributed by atoms with Gasteiger partial charge in [0.25, 0.3) is 0 Å². The highest BCUT2D eigenvalue weighted by molar-refractivity contribution is 5.38. The van der Waals surface area contributed by atoms with Crippen LogP contribution in [-0.2, 0) is 12.8 Å². The Morgan fingerprint density at radius 3 is 2.61 bits per heavy atom. The summed E-state index contributed by atoms with van der Waals surface area (Å²) >= 11 is 0. The number of aromatic nitrogens is 3. The zero-order chi connectivity index (χ0) is 19.6. The van der Waals surface area contributed by atoms with Crippen molar-refractivity contribution in [3.8, 4) is 11.5 Å². The lowest BCUT2D eigenvalue weighted by atomic mass is 10.1. The molecule has 0 amide bonds. The van der Waals surface area contributed by atoms with Gasteiger partial charge in [-0.1, -0.05) is 30.3 Å². The third kappa shape index (κ3) is 5.57. The summed E-state index contributed by atoms with van der Waals surface area (Å²) in [6.07, 6.45) is 3.29. The summed E-state index contributed by atoms with van der Waals surface area (Å²) in [5, 5.41) is 14.6. The van der Waals surface area contributed by atoms with Crippen LogP contribution in [0.4, 0.5) is 11.8 Å². The highest BCUT2D eigenvalue weighted by Gasteiger charge is 2.04. The van der Waals surface area contributed by atoms with E-state index in [0.29, 0.717) is 18.3 Å². The second kappa shape index (κ2) is 10.1. The molecule has 1 aromatic heterocycles. The number of hydrogen-bond acceptors (Lipinski definition) is 7. The first kappa shape index (κ1) is 19.4. The molecule has 0 saturated heterocycles. The largest absolute Gasteiger partial charge is 0.497 e. The molecule has 0 aliphatic carbocycles. The fraction of sp³-hybridized carbons (Fsp3) is 0.286. The minimum Gasteiger partial charge on any atom is -0.497 e. The predicted octanol–water partition coefficient (Wildman–Crippen LogP) is 3.20. The fourth-order valence-corrected chi connectivity index (χ4v) is 2.84. The van der Waals surface area contributed by atoms with E-state index in [4.69, 9.17) is 9.47 Å². The Hall–Kier alpha value is -3.35. The van der Waals surface area contributed by atoms with Gasteiger partial charge in [0.15, 0.2) is 5.82 Å². The van der Waals surface area contributed by atoms with Crippen molar-refractivity contribution in [1.82, 2.24) is 15.2 Å². The van der Waals surface area contributed by atoms with E-state index in [1.165, 1.54) is 5.56 Å². The van der Waals surface area contributed by atoms with E-state index >= 15 is 0 Å². The van der Waals surface area contributed by atoms with Crippen LogP contribution in [0.5, 0.6) is 11.5 Å². The van der Waals surface area contributed by atoms with Gasteiger partial charge in [-0.05, 0) is 42.2 Å². The molecule has 3 aromatic rings. The summed E-state index contributed by atoms with van der Waals surface area (Å²) in [6.45, 7) is 1.43. The lowest BCUT2D eigenvalue weighted by Crippen LogP contribution is -2.12. The van der Waals surface area contributed by atoms with E-state index in [-0.39, 0.29) is 0 Å². The number of ether oxygens (including phenoxy) is 2. The molecule has 0 radical (unpaired) electrons. The van der Waals surface area contributed by atoms with Gasteiger partial charge in [0.05, 0.1) is 20.4 Å². The molecule has 1 heterocycles. The molecule has 2 N–H and O–H groups in total. The number of anilines is 2. The summed E-state index contributed by atoms with van der Waals surface area (Å²) in [7, 11) is 3.35. The summed E-state index contributed by atoms with van der Waals surface area (Å²) in [6, 6.07) is 16.0. The van der Waals surface area contributed by atoms with E-state index in [1.807, 2.05) is 36.4 Å². The van der Waals surface area contributed by atoms with Gasteiger partial charge in [0.1, 0.15) is 11.5 Å². The van der Waals surface area contributed by atoms with Crippen LogP contribution in [0, 0.1) is 0 Å². The molecular formula is C21H25N5O2. The molecule has 0 aliphatic rings. The molecule has 146 valence electrons. The first-order valence-corrected chi connectivity index (χ1v) is 9.21. The van der Waals surface area contributed by atoms with Gasteiger partial charge >= 0.3 is 0 Å². The minimum atomic E-state index is 0.501. The minimum absolute atomic E-state index is 0.501. The van der Waals surface area contributed by atoms with E-state index < -0.39 is 0 Å². The highest BCUT2D eigenvalue weighted by Crippen LogP contribution is 2.17. The van der Waals surface area contributed by atoms with Crippen LogP contribution in [0.1, 0.15) is 11.1 Å². The van der Waals surface area contributed by atoms with Crippen molar-refractivity contribution in [3.63, 3.8) is 0 Å². The molecule has 0 saturated carbocycles. The van der Waals surface area contributed by atoms with Gasteiger partial charge in [-0.2, -0.15) is 10.1 Å². The molecule has 28 heavy (non-hydrogen) atoms. The molecule has 2 aromatic carbocycles. The van der Waals surface area contributed by atoms with Crippen LogP contribution in [0.3, 0.4) is 0 Å². The third-order valence-electron chi connectivity index (χ3n) is 4.28. The lowest BCUT2D eigenvalue weighted by molar-refractivity contribution is 0.410. The number of benzene rings is 2. The molecule has 0 spiro atoms. The first-order chi connectivity index (χ1) is 13.8. The van der Waals surface area contributed by atoms with Gasteiger partial charge in [0.2, 0.25) is 5.95 Å². The second-order valence-electron chi connectivity index (χ2n) is 6.18. The van der Waals surface area contributed by atoms with E-state index in [2.05, 4.69) is 37.9 Å². The molecule has 3 rings (SSSR count). The van der Waals surface area contributed by atoms with Crippen LogP contribution in [0.25, 0.3) is 0 Å². The third-order valence-corrected chi connectivity index (χ3v) is 4.28. The summed E-state index contributed by atoms with van der Waals surface area (Å²) in [4.78, 5) is 4.46. The van der Waals surface area contributed by atoms with Crippen molar-refractivity contribution in [2.24, 2.45) is 0 Å². The Kier molecular flexibility index (Phi) is 7.01. The van der Waals surface area contributed by atoms with E-state index in [0.717, 1.165) is 36.4 Å². The maximum absolute atomic E-state index is 5.37. The van der Waals surface area contributed by atoms with Crippen LogP contribution in [-0.4, -0.2) is 42.5 Å². The molecule has 0 fully saturated rings. The maximum Gasteiger partial charge on any atom is 0.244 e. The molecule has 0 aliphatic heterocycles. The van der Waals surface area contributed by atoms with Crippen molar-refractivity contribution in [1.29, 1.82) is 0 Å². The summed E-state index contributed by atoms with van der Waals surface area (Å²) in [5.74, 6) is 2.94. The standard InChI is InChI=1S/C21H25N5O2/c1-27-18-8-5-6-16(14-18)10-12-22-20-15-24-26-21(25-20)23-13-11-17-7-3-4-9-19(17)28-2/h3-9,14-15H,10-13H2,1-2H3,(H2,22,23,25,26). The molecule has 0 bridgehead atoms. The summed E-state index contributed by atoms with van der Waals surface area (Å²) in [5.41, 5.74) is 2.34. The number of nitrogens with zero attached hydrogens (tertiary/aromatic N) is 3. The van der Waals surface area contributed by atoms with Crippen molar-refractivity contribution >= 4 is 11.8 Å². The van der Waals surface area contributed by atoms with E-state index in [1.54, 1.807) is 20.4 Å². The topological polar surface area (TPSA) is 81.2 Å². The molecule has 7 heteroatoms. The monoisotopic (exact) mass is 379 g/mol. The summed E-state index contributed by atoms with van der Waals surface area (Å²) < 4.78 is 10.6. The van der Waals surface area contributed by atoms with E-state index in [9.17, 15) is 0 Å². The van der Waals surface area contributed by atoms with Gasteiger partial charge in [0, 0.05) is 13.1 Å². The zero-order valence-corrected chi connectivity index (χ0v) is 16.2. The SMILES string of the molecule is COc1cccc(CCNc2cnnc(NCCc3ccccc3OC)n2)c1. The molecule has 7 nitrogen and oxygen atoms in total. The van der Waals surface area contributed by atoms with Crippen LogP contribution in [0.15, 0.2) is 54.7 Å². The van der Waals surface area contributed by atoms with Crippen molar-refractivity contribution < 1.29 is 9.47 Å². The Balaban J connectivity index is 1.48. The smallest absolute Gasteiger partial charge is 0.244 e.